The molecular weight excluding hydrogens is 322 g/mol. The Morgan fingerprint density at radius 3 is 2.88 bits per heavy atom. The summed E-state index contributed by atoms with van der Waals surface area (Å²) in [4.78, 5) is 11.9. The molecule has 140 valence electrons. The third-order valence-electron chi connectivity index (χ3n) is 8.82. The number of fused-ring (bicyclic) bond motifs is 4. The van der Waals surface area contributed by atoms with Gasteiger partial charge in [0, 0.05) is 11.8 Å². The first-order chi connectivity index (χ1) is 12.4. The van der Waals surface area contributed by atoms with Gasteiger partial charge in [-0.15, -0.1) is 0 Å². The van der Waals surface area contributed by atoms with Crippen molar-refractivity contribution in [2.75, 3.05) is 0 Å². The Morgan fingerprint density at radius 2 is 2.15 bits per heavy atom. The molecule has 0 spiro atoms. The summed E-state index contributed by atoms with van der Waals surface area (Å²) in [6, 6.07) is 2.38. The number of rotatable bonds is 3. The summed E-state index contributed by atoms with van der Waals surface area (Å²) in [5, 5.41) is 19.4. The highest BCUT2D eigenvalue weighted by molar-refractivity contribution is 5.71. The number of carboxylic acids is 1. The highest BCUT2D eigenvalue weighted by atomic mass is 16.4. The Balaban J connectivity index is 1.75. The van der Waals surface area contributed by atoms with E-state index in [1.54, 1.807) is 16.7 Å². The van der Waals surface area contributed by atoms with E-state index in [1.807, 2.05) is 6.92 Å². The summed E-state index contributed by atoms with van der Waals surface area (Å²) in [7, 11) is 0. The van der Waals surface area contributed by atoms with E-state index < -0.39 is 11.9 Å². The monoisotopic (exact) mass is 353 g/mol. The molecule has 0 radical (unpaired) electrons. The highest BCUT2D eigenvalue weighted by Crippen LogP contribution is 2.70. The highest BCUT2D eigenvalue weighted by Gasteiger charge is 2.63. The van der Waals surface area contributed by atoms with Crippen LogP contribution in [0.1, 0.15) is 78.1 Å². The van der Waals surface area contributed by atoms with Gasteiger partial charge in [-0.2, -0.15) is 5.26 Å². The van der Waals surface area contributed by atoms with Gasteiger partial charge in [0.05, 0.1) is 12.0 Å². The lowest BCUT2D eigenvalue weighted by molar-refractivity contribution is -0.151. The van der Waals surface area contributed by atoms with E-state index in [1.165, 1.54) is 32.1 Å². The van der Waals surface area contributed by atoms with E-state index in [-0.39, 0.29) is 10.8 Å². The molecule has 2 fully saturated rings. The molecular formula is C23H31NO2. The van der Waals surface area contributed by atoms with Crippen molar-refractivity contribution >= 4 is 5.97 Å². The molecule has 4 aliphatic carbocycles. The number of allylic oxidation sites excluding steroid dienone is 4. The minimum Gasteiger partial charge on any atom is -0.481 e. The van der Waals surface area contributed by atoms with Gasteiger partial charge in [-0.25, -0.2) is 0 Å². The van der Waals surface area contributed by atoms with E-state index in [2.05, 4.69) is 19.1 Å². The van der Waals surface area contributed by atoms with E-state index in [0.29, 0.717) is 18.3 Å². The van der Waals surface area contributed by atoms with Crippen LogP contribution >= 0.6 is 0 Å². The van der Waals surface area contributed by atoms with Gasteiger partial charge in [0.25, 0.3) is 0 Å². The number of nitriles is 1. The standard InChI is InChI=1S/C23H31NO2/c1-15(21(25)26)23(13-14-24)12-10-20-19-8-7-16-5-3-4-6-17(16)18(19)9-11-22(20,23)2/h5,15,19-20H,3-4,6-13H2,1-2H3,(H,25,26)/t15?,19-,20+,22+,23+/m1/s1. The molecule has 0 aromatic rings. The fourth-order valence-electron chi connectivity index (χ4n) is 7.34. The van der Waals surface area contributed by atoms with Crippen LogP contribution in [0.4, 0.5) is 0 Å². The van der Waals surface area contributed by atoms with Gasteiger partial charge in [0.15, 0.2) is 0 Å². The summed E-state index contributed by atoms with van der Waals surface area (Å²) in [6.45, 7) is 4.18. The van der Waals surface area contributed by atoms with Crippen molar-refractivity contribution in [3.05, 3.63) is 22.8 Å². The number of carbonyl (C=O) groups is 1. The van der Waals surface area contributed by atoms with Gasteiger partial charge < -0.3 is 5.11 Å². The van der Waals surface area contributed by atoms with Crippen LogP contribution in [0, 0.1) is 39.9 Å². The first-order valence-corrected chi connectivity index (χ1v) is 10.5. The molecule has 3 nitrogen and oxygen atoms in total. The molecule has 0 aromatic carbocycles. The number of carboxylic acid groups (broad SMARTS) is 1. The molecule has 0 bridgehead atoms. The van der Waals surface area contributed by atoms with Crippen LogP contribution < -0.4 is 0 Å². The van der Waals surface area contributed by atoms with Crippen molar-refractivity contribution in [2.45, 2.75) is 78.1 Å². The second-order valence-corrected chi connectivity index (χ2v) is 9.38. The fraction of sp³-hybridized carbons (Fsp3) is 0.739. The van der Waals surface area contributed by atoms with Crippen LogP contribution in [-0.2, 0) is 4.79 Å². The number of hydrogen-bond acceptors (Lipinski definition) is 2. The third kappa shape index (κ3) is 2.27. The smallest absolute Gasteiger partial charge is 0.306 e. The van der Waals surface area contributed by atoms with Crippen LogP contribution in [0.15, 0.2) is 22.8 Å². The SMILES string of the molecule is CC(C(=O)O)[C@@]1(CC#N)CC[C@H]2[C@@H]3CCC4=CCCCC4=C3CC[C@@]21C. The predicted octanol–water partition coefficient (Wildman–Crippen LogP) is 5.63. The Hall–Kier alpha value is -1.56. The molecule has 3 heteroatoms. The zero-order valence-corrected chi connectivity index (χ0v) is 16.2. The lowest BCUT2D eigenvalue weighted by Gasteiger charge is -2.54. The fourth-order valence-corrected chi connectivity index (χ4v) is 7.34. The predicted molar refractivity (Wildman–Crippen MR) is 101 cm³/mol. The van der Waals surface area contributed by atoms with Crippen molar-refractivity contribution in [1.82, 2.24) is 0 Å². The largest absolute Gasteiger partial charge is 0.481 e. The van der Waals surface area contributed by atoms with Gasteiger partial charge >= 0.3 is 5.97 Å². The molecule has 2 saturated carbocycles. The molecule has 4 rings (SSSR count). The summed E-state index contributed by atoms with van der Waals surface area (Å²) in [5.74, 6) is 0.00504. The average Bonchev–Trinajstić information content (AvgIpc) is 2.94. The number of hydrogen-bond donors (Lipinski definition) is 1. The van der Waals surface area contributed by atoms with Crippen molar-refractivity contribution in [3.8, 4) is 6.07 Å². The Bertz CT molecular complexity index is 727. The van der Waals surface area contributed by atoms with Gasteiger partial charge in [-0.3, -0.25) is 4.79 Å². The summed E-state index contributed by atoms with van der Waals surface area (Å²) in [6.07, 6.45) is 13.2. The lowest BCUT2D eigenvalue weighted by Crippen LogP contribution is -2.50. The Morgan fingerprint density at radius 1 is 1.35 bits per heavy atom. The molecule has 0 heterocycles. The lowest BCUT2D eigenvalue weighted by atomic mass is 9.49. The zero-order chi connectivity index (χ0) is 18.5. The second kappa shape index (κ2) is 6.25. The van der Waals surface area contributed by atoms with Gasteiger partial charge in [-0.05, 0) is 86.2 Å². The maximum atomic E-state index is 11.9. The van der Waals surface area contributed by atoms with E-state index in [9.17, 15) is 15.2 Å². The minimum atomic E-state index is -0.729. The van der Waals surface area contributed by atoms with Crippen LogP contribution in [-0.4, -0.2) is 11.1 Å². The molecule has 0 aromatic heterocycles. The topological polar surface area (TPSA) is 61.1 Å². The van der Waals surface area contributed by atoms with Crippen LogP contribution in [0.2, 0.25) is 0 Å². The molecule has 0 saturated heterocycles. The van der Waals surface area contributed by atoms with Crippen LogP contribution in [0.25, 0.3) is 0 Å². The van der Waals surface area contributed by atoms with Gasteiger partial charge in [-0.1, -0.05) is 25.5 Å². The molecule has 1 N–H and O–H groups in total. The molecule has 0 amide bonds. The van der Waals surface area contributed by atoms with Crippen LogP contribution in [0.3, 0.4) is 0 Å². The summed E-state index contributed by atoms with van der Waals surface area (Å²) < 4.78 is 0. The Labute approximate surface area is 157 Å². The normalized spacial score (nSPS) is 40.0. The Kier molecular flexibility index (Phi) is 4.29. The van der Waals surface area contributed by atoms with Gasteiger partial charge in [0.1, 0.15) is 0 Å². The van der Waals surface area contributed by atoms with E-state index >= 15 is 0 Å². The maximum absolute atomic E-state index is 11.9. The van der Waals surface area contributed by atoms with Crippen LogP contribution in [0.5, 0.6) is 0 Å². The summed E-state index contributed by atoms with van der Waals surface area (Å²) >= 11 is 0. The molecule has 5 atom stereocenters. The zero-order valence-electron chi connectivity index (χ0n) is 16.2. The number of aliphatic carboxylic acids is 1. The number of nitrogens with zero attached hydrogens (tertiary/aromatic N) is 1. The summed E-state index contributed by atoms with van der Waals surface area (Å²) in [5.41, 5.74) is 4.60. The molecule has 0 aliphatic heterocycles. The quantitative estimate of drug-likeness (QED) is 0.715. The van der Waals surface area contributed by atoms with Crippen molar-refractivity contribution in [1.29, 1.82) is 5.26 Å². The first-order valence-electron chi connectivity index (χ1n) is 10.5. The van der Waals surface area contributed by atoms with Crippen molar-refractivity contribution in [2.24, 2.45) is 28.6 Å². The first kappa shape index (κ1) is 17.8. The third-order valence-corrected chi connectivity index (χ3v) is 8.82. The van der Waals surface area contributed by atoms with E-state index in [0.717, 1.165) is 25.7 Å². The maximum Gasteiger partial charge on any atom is 0.306 e. The molecule has 26 heavy (non-hydrogen) atoms. The van der Waals surface area contributed by atoms with Crippen molar-refractivity contribution < 1.29 is 9.90 Å². The average molecular weight is 354 g/mol. The second-order valence-electron chi connectivity index (χ2n) is 9.38. The minimum absolute atomic E-state index is 0.0227. The van der Waals surface area contributed by atoms with E-state index in [4.69, 9.17) is 0 Å². The molecule has 4 aliphatic rings. The van der Waals surface area contributed by atoms with Crippen molar-refractivity contribution in [3.63, 3.8) is 0 Å². The van der Waals surface area contributed by atoms with Gasteiger partial charge in [0.2, 0.25) is 0 Å². The molecule has 1 unspecified atom stereocenters.